The summed E-state index contributed by atoms with van der Waals surface area (Å²) < 4.78 is 14.4. The van der Waals surface area contributed by atoms with Crippen molar-refractivity contribution in [3.8, 4) is 22.5 Å². The largest absolute Gasteiger partial charge is 0.382 e. The lowest BCUT2D eigenvalue weighted by atomic mass is 10.0. The van der Waals surface area contributed by atoms with Crippen molar-refractivity contribution in [3.05, 3.63) is 59.6 Å². The van der Waals surface area contributed by atoms with Gasteiger partial charge in [-0.3, -0.25) is 10.1 Å². The monoisotopic (exact) mass is 422 g/mol. The van der Waals surface area contributed by atoms with Gasteiger partial charge in [-0.1, -0.05) is 11.6 Å². The van der Waals surface area contributed by atoms with Crippen LogP contribution in [0.1, 0.15) is 6.42 Å². The molecule has 2 N–H and O–H groups in total. The van der Waals surface area contributed by atoms with Crippen LogP contribution in [-0.4, -0.2) is 51.2 Å². The molecular formula is C22H20ClFN6. The number of aromatic amines is 1. The third-order valence-corrected chi connectivity index (χ3v) is 5.59. The van der Waals surface area contributed by atoms with Crippen molar-refractivity contribution in [2.45, 2.75) is 6.42 Å². The fourth-order valence-corrected chi connectivity index (χ4v) is 3.76. The molecule has 5 rings (SSSR count). The summed E-state index contributed by atoms with van der Waals surface area (Å²) in [4.78, 5) is 11.7. The van der Waals surface area contributed by atoms with Gasteiger partial charge in [0.05, 0.1) is 40.5 Å². The van der Waals surface area contributed by atoms with Gasteiger partial charge in [-0.2, -0.15) is 5.10 Å². The first-order chi connectivity index (χ1) is 14.7. The lowest BCUT2D eigenvalue weighted by Gasteiger charge is -2.30. The van der Waals surface area contributed by atoms with Crippen LogP contribution in [0.4, 0.5) is 10.1 Å². The Morgan fingerprint density at radius 3 is 2.80 bits per heavy atom. The maximum absolute atomic E-state index is 14.4. The second-order valence-electron chi connectivity index (χ2n) is 7.36. The van der Waals surface area contributed by atoms with Crippen molar-refractivity contribution in [2.75, 3.05) is 31.5 Å². The Balaban J connectivity index is 1.45. The van der Waals surface area contributed by atoms with Crippen LogP contribution >= 0.6 is 11.6 Å². The van der Waals surface area contributed by atoms with Gasteiger partial charge in [-0.15, -0.1) is 0 Å². The first kappa shape index (κ1) is 19.0. The van der Waals surface area contributed by atoms with Gasteiger partial charge in [0.1, 0.15) is 5.82 Å². The summed E-state index contributed by atoms with van der Waals surface area (Å²) in [7, 11) is 0. The number of hydrogen-bond acceptors (Lipinski definition) is 5. The summed E-state index contributed by atoms with van der Waals surface area (Å²) in [6, 6.07) is 10.2. The van der Waals surface area contributed by atoms with Gasteiger partial charge in [0.2, 0.25) is 0 Å². The van der Waals surface area contributed by atoms with Crippen molar-refractivity contribution in [1.29, 1.82) is 0 Å². The number of pyridine rings is 2. The first-order valence-corrected chi connectivity index (χ1v) is 10.3. The molecular weight excluding hydrogens is 403 g/mol. The maximum Gasteiger partial charge on any atom is 0.132 e. The highest BCUT2D eigenvalue weighted by atomic mass is 35.5. The highest BCUT2D eigenvalue weighted by Gasteiger charge is 2.16. The van der Waals surface area contributed by atoms with Gasteiger partial charge in [0.15, 0.2) is 0 Å². The van der Waals surface area contributed by atoms with Gasteiger partial charge < -0.3 is 10.2 Å². The Hall–Kier alpha value is -3.03. The molecule has 6 nitrogen and oxygen atoms in total. The zero-order valence-electron chi connectivity index (χ0n) is 16.2. The lowest BCUT2D eigenvalue weighted by Crippen LogP contribution is -2.40. The topological polar surface area (TPSA) is 69.7 Å². The molecule has 4 heterocycles. The number of anilines is 1. The molecule has 1 aliphatic rings. The van der Waals surface area contributed by atoms with Gasteiger partial charge in [0, 0.05) is 29.2 Å². The molecule has 0 radical (unpaired) electrons. The van der Waals surface area contributed by atoms with E-state index < -0.39 is 0 Å². The minimum atomic E-state index is -0.374. The molecule has 0 unspecified atom stereocenters. The highest BCUT2D eigenvalue weighted by Crippen LogP contribution is 2.33. The molecule has 1 aromatic carbocycles. The van der Waals surface area contributed by atoms with E-state index in [0.717, 1.165) is 29.8 Å². The Kier molecular flexibility index (Phi) is 5.06. The Labute approximate surface area is 178 Å². The smallest absolute Gasteiger partial charge is 0.132 e. The quantitative estimate of drug-likeness (QED) is 0.475. The molecule has 1 fully saturated rings. The Morgan fingerprint density at radius 1 is 1.07 bits per heavy atom. The number of nitrogens with one attached hydrogen (secondary N) is 2. The van der Waals surface area contributed by atoms with E-state index in [1.54, 1.807) is 12.3 Å². The molecule has 0 saturated carbocycles. The fourth-order valence-electron chi connectivity index (χ4n) is 3.59. The highest BCUT2D eigenvalue weighted by molar-refractivity contribution is 6.30. The minimum absolute atomic E-state index is 0.358. The third kappa shape index (κ3) is 3.74. The second-order valence-corrected chi connectivity index (χ2v) is 7.80. The van der Waals surface area contributed by atoms with Gasteiger partial charge in [-0.05, 0) is 55.9 Å². The zero-order chi connectivity index (χ0) is 20.5. The number of hydrogen-bond donors (Lipinski definition) is 2. The minimum Gasteiger partial charge on any atom is -0.382 e. The Morgan fingerprint density at radius 2 is 1.97 bits per heavy atom. The Bertz CT molecular complexity index is 1200. The van der Waals surface area contributed by atoms with E-state index in [4.69, 9.17) is 16.6 Å². The fraction of sp³-hybridized carbons (Fsp3) is 0.227. The number of halogens is 2. The van der Waals surface area contributed by atoms with E-state index in [1.165, 1.54) is 31.6 Å². The molecule has 0 amide bonds. The first-order valence-electron chi connectivity index (χ1n) is 9.89. The van der Waals surface area contributed by atoms with E-state index in [2.05, 4.69) is 25.4 Å². The number of rotatable bonds is 6. The summed E-state index contributed by atoms with van der Waals surface area (Å²) >= 11 is 6.07. The van der Waals surface area contributed by atoms with Crippen LogP contribution in [0.5, 0.6) is 0 Å². The molecule has 0 aliphatic carbocycles. The van der Waals surface area contributed by atoms with Crippen LogP contribution in [0.2, 0.25) is 5.02 Å². The van der Waals surface area contributed by atoms with Crippen molar-refractivity contribution >= 4 is 28.3 Å². The van der Waals surface area contributed by atoms with Crippen LogP contribution < -0.4 is 5.32 Å². The molecule has 4 aromatic rings. The van der Waals surface area contributed by atoms with Crippen LogP contribution in [0.3, 0.4) is 0 Å². The van der Waals surface area contributed by atoms with Crippen LogP contribution in [0.15, 0.2) is 48.8 Å². The molecule has 152 valence electrons. The van der Waals surface area contributed by atoms with Crippen LogP contribution in [0, 0.1) is 5.82 Å². The van der Waals surface area contributed by atoms with Gasteiger partial charge in [-0.25, -0.2) is 9.37 Å². The average molecular weight is 423 g/mol. The number of H-pyrrole nitrogens is 1. The summed E-state index contributed by atoms with van der Waals surface area (Å²) in [5, 5.41) is 10.9. The average Bonchev–Trinajstić information content (AvgIpc) is 3.20. The van der Waals surface area contributed by atoms with Crippen molar-refractivity contribution in [3.63, 3.8) is 0 Å². The van der Waals surface area contributed by atoms with E-state index in [-0.39, 0.29) is 5.82 Å². The molecule has 8 heteroatoms. The normalized spacial score (nSPS) is 14.1. The molecule has 0 spiro atoms. The molecule has 0 atom stereocenters. The number of nitrogens with zero attached hydrogens (tertiary/aromatic N) is 4. The molecule has 30 heavy (non-hydrogen) atoms. The number of aromatic nitrogens is 4. The number of likely N-dealkylation sites (tertiary alicyclic amines) is 1. The molecule has 0 bridgehead atoms. The summed E-state index contributed by atoms with van der Waals surface area (Å²) in [6.45, 7) is 4.26. The maximum atomic E-state index is 14.4. The van der Waals surface area contributed by atoms with Gasteiger partial charge >= 0.3 is 0 Å². The van der Waals surface area contributed by atoms with Crippen molar-refractivity contribution in [1.82, 2.24) is 25.1 Å². The zero-order valence-corrected chi connectivity index (χ0v) is 17.0. The lowest BCUT2D eigenvalue weighted by molar-refractivity contribution is 0.189. The van der Waals surface area contributed by atoms with E-state index in [9.17, 15) is 4.39 Å². The third-order valence-electron chi connectivity index (χ3n) is 5.36. The second kappa shape index (κ2) is 8.01. The van der Waals surface area contributed by atoms with E-state index in [1.807, 2.05) is 24.4 Å². The SMILES string of the molecule is Fc1ccc(Cl)cc1-c1[nH]ncc1-c1ccc2ncc(NCCN3CCC3)cc2n1. The summed E-state index contributed by atoms with van der Waals surface area (Å²) in [6.07, 6.45) is 4.76. The van der Waals surface area contributed by atoms with Crippen LogP contribution in [-0.2, 0) is 0 Å². The predicted molar refractivity (Wildman–Crippen MR) is 117 cm³/mol. The van der Waals surface area contributed by atoms with Crippen molar-refractivity contribution in [2.24, 2.45) is 0 Å². The molecule has 1 saturated heterocycles. The number of fused-ring (bicyclic) bond motifs is 1. The molecule has 3 aromatic heterocycles. The van der Waals surface area contributed by atoms with E-state index >= 15 is 0 Å². The predicted octanol–water partition coefficient (Wildman–Crippen LogP) is 4.60. The van der Waals surface area contributed by atoms with Gasteiger partial charge in [0.25, 0.3) is 0 Å². The molecule has 1 aliphatic heterocycles. The van der Waals surface area contributed by atoms with E-state index in [0.29, 0.717) is 27.5 Å². The standard InChI is InChI=1S/C22H20ClFN6/c23-14-2-3-18(24)16(10-14)22-17(13-27-29-22)19-4-5-20-21(28-19)11-15(12-26-20)25-6-9-30-7-1-8-30/h2-5,10-13,25H,1,6-9H2,(H,27,29). The number of benzene rings is 1. The van der Waals surface area contributed by atoms with Crippen molar-refractivity contribution < 1.29 is 4.39 Å². The van der Waals surface area contributed by atoms with Crippen LogP contribution in [0.25, 0.3) is 33.5 Å². The summed E-state index contributed by atoms with van der Waals surface area (Å²) in [5.74, 6) is -0.374. The summed E-state index contributed by atoms with van der Waals surface area (Å²) in [5.41, 5.74) is 4.78.